The zero-order valence-corrected chi connectivity index (χ0v) is 12.7. The Balaban J connectivity index is 2.83. The SMILES string of the molecule is CCCNCC(C)S(=O)(=O)Nc1cc(F)c(C)cc1F. The fourth-order valence-electron chi connectivity index (χ4n) is 1.57. The number of sulfonamides is 1. The summed E-state index contributed by atoms with van der Waals surface area (Å²) >= 11 is 0. The maximum Gasteiger partial charge on any atom is 0.236 e. The van der Waals surface area contributed by atoms with E-state index in [4.69, 9.17) is 0 Å². The Morgan fingerprint density at radius 2 is 1.90 bits per heavy atom. The van der Waals surface area contributed by atoms with Crippen LogP contribution in [-0.4, -0.2) is 26.8 Å². The zero-order chi connectivity index (χ0) is 15.3. The Labute approximate surface area is 118 Å². The van der Waals surface area contributed by atoms with E-state index < -0.39 is 26.9 Å². The van der Waals surface area contributed by atoms with E-state index in [0.717, 1.165) is 18.6 Å². The van der Waals surface area contributed by atoms with Gasteiger partial charge in [-0.25, -0.2) is 17.2 Å². The fraction of sp³-hybridized carbons (Fsp3) is 0.538. The van der Waals surface area contributed by atoms with Gasteiger partial charge in [-0.05, 0) is 38.4 Å². The first kappa shape index (κ1) is 16.8. The molecule has 7 heteroatoms. The van der Waals surface area contributed by atoms with Gasteiger partial charge in [0.05, 0.1) is 10.9 Å². The van der Waals surface area contributed by atoms with Crippen molar-refractivity contribution in [3.8, 4) is 0 Å². The van der Waals surface area contributed by atoms with Crippen molar-refractivity contribution in [2.45, 2.75) is 32.4 Å². The second-order valence-electron chi connectivity index (χ2n) is 4.74. The molecular formula is C13H20F2N2O2S. The van der Waals surface area contributed by atoms with Gasteiger partial charge in [0.2, 0.25) is 10.0 Å². The molecular weight excluding hydrogens is 286 g/mol. The number of nitrogens with one attached hydrogen (secondary N) is 2. The van der Waals surface area contributed by atoms with Gasteiger partial charge in [0.15, 0.2) is 0 Å². The van der Waals surface area contributed by atoms with Crippen LogP contribution in [0.1, 0.15) is 25.8 Å². The molecule has 0 aromatic heterocycles. The van der Waals surface area contributed by atoms with Crippen LogP contribution in [0.4, 0.5) is 14.5 Å². The van der Waals surface area contributed by atoms with Crippen molar-refractivity contribution < 1.29 is 17.2 Å². The van der Waals surface area contributed by atoms with Gasteiger partial charge in [0.1, 0.15) is 11.6 Å². The second kappa shape index (κ2) is 6.99. The Bertz CT molecular complexity index is 562. The van der Waals surface area contributed by atoms with Crippen molar-refractivity contribution in [2.24, 2.45) is 0 Å². The summed E-state index contributed by atoms with van der Waals surface area (Å²) in [5.41, 5.74) is -0.237. The van der Waals surface area contributed by atoms with Crippen LogP contribution in [0.3, 0.4) is 0 Å². The van der Waals surface area contributed by atoms with E-state index in [1.807, 2.05) is 6.92 Å². The molecule has 0 saturated carbocycles. The summed E-state index contributed by atoms with van der Waals surface area (Å²) in [5, 5.41) is 2.22. The molecule has 0 aliphatic heterocycles. The van der Waals surface area contributed by atoms with E-state index in [2.05, 4.69) is 10.0 Å². The summed E-state index contributed by atoms with van der Waals surface area (Å²) in [7, 11) is -3.77. The molecule has 20 heavy (non-hydrogen) atoms. The van der Waals surface area contributed by atoms with Crippen molar-refractivity contribution in [1.82, 2.24) is 5.32 Å². The quantitative estimate of drug-likeness (QED) is 0.761. The number of hydrogen-bond donors (Lipinski definition) is 2. The number of hydrogen-bond acceptors (Lipinski definition) is 3. The lowest BCUT2D eigenvalue weighted by Gasteiger charge is -2.16. The van der Waals surface area contributed by atoms with Gasteiger partial charge in [-0.1, -0.05) is 6.92 Å². The first-order valence-electron chi connectivity index (χ1n) is 6.46. The van der Waals surface area contributed by atoms with Crippen LogP contribution in [0.2, 0.25) is 0 Å². The second-order valence-corrected chi connectivity index (χ2v) is 6.84. The molecule has 0 heterocycles. The highest BCUT2D eigenvalue weighted by atomic mass is 32.2. The van der Waals surface area contributed by atoms with Crippen molar-refractivity contribution in [3.05, 3.63) is 29.3 Å². The number of rotatable bonds is 7. The minimum Gasteiger partial charge on any atom is -0.315 e. The van der Waals surface area contributed by atoms with Crippen LogP contribution in [0, 0.1) is 18.6 Å². The topological polar surface area (TPSA) is 58.2 Å². The summed E-state index contributed by atoms with van der Waals surface area (Å²) in [5.74, 6) is -1.44. The molecule has 0 saturated heterocycles. The molecule has 2 N–H and O–H groups in total. The fourth-order valence-corrected chi connectivity index (χ4v) is 2.57. The third-order valence-electron chi connectivity index (χ3n) is 2.89. The molecule has 0 amide bonds. The molecule has 1 atom stereocenters. The molecule has 0 aliphatic carbocycles. The minimum absolute atomic E-state index is 0.128. The molecule has 0 spiro atoms. The molecule has 1 rings (SSSR count). The molecule has 0 radical (unpaired) electrons. The normalized spacial score (nSPS) is 13.2. The summed E-state index contributed by atoms with van der Waals surface area (Å²) in [4.78, 5) is 0. The average Bonchev–Trinajstić information content (AvgIpc) is 2.35. The third-order valence-corrected chi connectivity index (χ3v) is 4.62. The average molecular weight is 306 g/mol. The lowest BCUT2D eigenvalue weighted by Crippen LogP contribution is -2.35. The predicted molar refractivity (Wildman–Crippen MR) is 76.3 cm³/mol. The van der Waals surface area contributed by atoms with Gasteiger partial charge in [0, 0.05) is 12.6 Å². The Morgan fingerprint density at radius 3 is 2.50 bits per heavy atom. The van der Waals surface area contributed by atoms with E-state index >= 15 is 0 Å². The van der Waals surface area contributed by atoms with Crippen LogP contribution in [0.5, 0.6) is 0 Å². The third kappa shape index (κ3) is 4.42. The zero-order valence-electron chi connectivity index (χ0n) is 11.8. The molecule has 4 nitrogen and oxygen atoms in total. The first-order chi connectivity index (χ1) is 9.27. The first-order valence-corrected chi connectivity index (χ1v) is 8.00. The Morgan fingerprint density at radius 1 is 1.25 bits per heavy atom. The number of benzene rings is 1. The van der Waals surface area contributed by atoms with Crippen molar-refractivity contribution in [1.29, 1.82) is 0 Å². The smallest absolute Gasteiger partial charge is 0.236 e. The largest absolute Gasteiger partial charge is 0.315 e. The molecule has 0 aliphatic rings. The van der Waals surface area contributed by atoms with Gasteiger partial charge >= 0.3 is 0 Å². The monoisotopic (exact) mass is 306 g/mol. The molecule has 1 unspecified atom stereocenters. The summed E-state index contributed by atoms with van der Waals surface area (Å²) < 4.78 is 53.1. The summed E-state index contributed by atoms with van der Waals surface area (Å²) in [6.45, 7) is 5.84. The number of aryl methyl sites for hydroxylation is 1. The van der Waals surface area contributed by atoms with Crippen LogP contribution in [-0.2, 0) is 10.0 Å². The van der Waals surface area contributed by atoms with E-state index in [9.17, 15) is 17.2 Å². The lowest BCUT2D eigenvalue weighted by atomic mass is 10.2. The summed E-state index contributed by atoms with van der Waals surface area (Å²) in [6, 6.07) is 1.82. The van der Waals surface area contributed by atoms with E-state index in [-0.39, 0.29) is 17.8 Å². The van der Waals surface area contributed by atoms with Gasteiger partial charge in [-0.3, -0.25) is 4.72 Å². The van der Waals surface area contributed by atoms with Crippen molar-refractivity contribution >= 4 is 15.7 Å². The highest BCUT2D eigenvalue weighted by Crippen LogP contribution is 2.20. The van der Waals surface area contributed by atoms with Gasteiger partial charge in [0.25, 0.3) is 0 Å². The highest BCUT2D eigenvalue weighted by Gasteiger charge is 2.22. The van der Waals surface area contributed by atoms with Crippen molar-refractivity contribution in [3.63, 3.8) is 0 Å². The van der Waals surface area contributed by atoms with E-state index in [1.54, 1.807) is 0 Å². The van der Waals surface area contributed by atoms with Gasteiger partial charge in [-0.15, -0.1) is 0 Å². The number of anilines is 1. The molecule has 1 aromatic rings. The molecule has 0 bridgehead atoms. The lowest BCUT2D eigenvalue weighted by molar-refractivity contribution is 0.573. The molecule has 1 aromatic carbocycles. The Hall–Kier alpha value is -1.21. The molecule has 0 fully saturated rings. The maximum absolute atomic E-state index is 13.6. The Kier molecular flexibility index (Phi) is 5.88. The summed E-state index contributed by atoms with van der Waals surface area (Å²) in [6.07, 6.45) is 0.887. The van der Waals surface area contributed by atoms with Gasteiger partial charge < -0.3 is 5.32 Å². The molecule has 114 valence electrons. The van der Waals surface area contributed by atoms with Crippen molar-refractivity contribution in [2.75, 3.05) is 17.8 Å². The van der Waals surface area contributed by atoms with E-state index in [0.29, 0.717) is 6.54 Å². The maximum atomic E-state index is 13.6. The van der Waals surface area contributed by atoms with Crippen LogP contribution in [0.15, 0.2) is 12.1 Å². The predicted octanol–water partition coefficient (Wildman–Crippen LogP) is 2.40. The van der Waals surface area contributed by atoms with Crippen LogP contribution < -0.4 is 10.0 Å². The van der Waals surface area contributed by atoms with Crippen LogP contribution in [0.25, 0.3) is 0 Å². The highest BCUT2D eigenvalue weighted by molar-refractivity contribution is 7.93. The minimum atomic E-state index is -3.77. The standard InChI is InChI=1S/C13H20F2N2O2S/c1-4-5-16-8-10(3)20(18,19)17-13-7-11(14)9(2)6-12(13)15/h6-7,10,16-17H,4-5,8H2,1-3H3. The van der Waals surface area contributed by atoms with E-state index in [1.165, 1.54) is 13.8 Å². The van der Waals surface area contributed by atoms with Crippen LogP contribution >= 0.6 is 0 Å². The number of halogens is 2. The van der Waals surface area contributed by atoms with Gasteiger partial charge in [-0.2, -0.15) is 0 Å².